The minimum absolute atomic E-state index is 0.138. The summed E-state index contributed by atoms with van der Waals surface area (Å²) in [6.45, 7) is 3.34. The quantitative estimate of drug-likeness (QED) is 0.646. The van der Waals surface area contributed by atoms with Crippen LogP contribution in [0.3, 0.4) is 0 Å². The number of methoxy groups -OCH3 is 1. The predicted octanol–water partition coefficient (Wildman–Crippen LogP) is 0.773. The van der Waals surface area contributed by atoms with Crippen molar-refractivity contribution < 1.29 is 19.4 Å². The number of hydrogen-bond acceptors (Lipinski definition) is 4. The van der Waals surface area contributed by atoms with Crippen LogP contribution in [0.2, 0.25) is 0 Å². The summed E-state index contributed by atoms with van der Waals surface area (Å²) in [4.78, 5) is 22.1. The van der Waals surface area contributed by atoms with Gasteiger partial charge in [-0.3, -0.25) is 9.59 Å². The van der Waals surface area contributed by atoms with E-state index < -0.39 is 6.61 Å². The SMILES string of the molecule is COC(=O)CCC(C(=O)CO)C(C)C. The van der Waals surface area contributed by atoms with Gasteiger partial charge in [0.05, 0.1) is 7.11 Å². The molecule has 0 saturated heterocycles. The van der Waals surface area contributed by atoms with E-state index in [1.807, 2.05) is 13.8 Å². The lowest BCUT2D eigenvalue weighted by atomic mass is 9.87. The fourth-order valence-corrected chi connectivity index (χ4v) is 1.36. The first-order chi connectivity index (χ1) is 6.52. The van der Waals surface area contributed by atoms with Crippen LogP contribution in [0.1, 0.15) is 26.7 Å². The smallest absolute Gasteiger partial charge is 0.305 e. The first-order valence-electron chi connectivity index (χ1n) is 4.73. The van der Waals surface area contributed by atoms with Gasteiger partial charge in [-0.05, 0) is 12.3 Å². The zero-order chi connectivity index (χ0) is 11.1. The summed E-state index contributed by atoms with van der Waals surface area (Å²) in [5.41, 5.74) is 0. The number of aliphatic hydroxyl groups excluding tert-OH is 1. The van der Waals surface area contributed by atoms with E-state index in [1.54, 1.807) is 0 Å². The summed E-state index contributed by atoms with van der Waals surface area (Å²) in [5.74, 6) is -0.635. The molecule has 0 aliphatic carbocycles. The van der Waals surface area contributed by atoms with Gasteiger partial charge >= 0.3 is 5.97 Å². The summed E-state index contributed by atoms with van der Waals surface area (Å²) in [7, 11) is 1.32. The number of carbonyl (C=O) groups is 2. The average Bonchev–Trinajstić information content (AvgIpc) is 2.16. The number of rotatable bonds is 6. The maximum absolute atomic E-state index is 11.3. The fourth-order valence-electron chi connectivity index (χ4n) is 1.36. The standard InChI is InChI=1S/C10H18O4/c1-7(2)8(9(12)6-11)4-5-10(13)14-3/h7-8,11H,4-6H2,1-3H3. The highest BCUT2D eigenvalue weighted by Crippen LogP contribution is 2.18. The van der Waals surface area contributed by atoms with E-state index in [0.717, 1.165) is 0 Å². The van der Waals surface area contributed by atoms with Crippen LogP contribution in [-0.4, -0.2) is 30.6 Å². The Labute approximate surface area is 84.3 Å². The van der Waals surface area contributed by atoms with Crippen molar-refractivity contribution in [3.8, 4) is 0 Å². The second kappa shape index (κ2) is 6.54. The van der Waals surface area contributed by atoms with Crippen molar-refractivity contribution in [3.63, 3.8) is 0 Å². The number of ketones is 1. The monoisotopic (exact) mass is 202 g/mol. The van der Waals surface area contributed by atoms with Crippen LogP contribution < -0.4 is 0 Å². The van der Waals surface area contributed by atoms with Gasteiger partial charge in [-0.1, -0.05) is 13.8 Å². The van der Waals surface area contributed by atoms with Crippen LogP contribution in [-0.2, 0) is 14.3 Å². The van der Waals surface area contributed by atoms with E-state index in [0.29, 0.717) is 6.42 Å². The highest BCUT2D eigenvalue weighted by molar-refractivity contribution is 5.82. The van der Waals surface area contributed by atoms with E-state index in [-0.39, 0.29) is 30.0 Å². The van der Waals surface area contributed by atoms with Crippen molar-refractivity contribution in [3.05, 3.63) is 0 Å². The number of hydrogen-bond donors (Lipinski definition) is 1. The van der Waals surface area contributed by atoms with Crippen molar-refractivity contribution in [2.24, 2.45) is 11.8 Å². The maximum Gasteiger partial charge on any atom is 0.305 e. The van der Waals surface area contributed by atoms with Crippen LogP contribution in [0, 0.1) is 11.8 Å². The van der Waals surface area contributed by atoms with Gasteiger partial charge in [0.2, 0.25) is 0 Å². The molecule has 1 atom stereocenters. The summed E-state index contributed by atoms with van der Waals surface area (Å²) in [5, 5.41) is 8.71. The molecule has 0 heterocycles. The van der Waals surface area contributed by atoms with Crippen LogP contribution in [0.15, 0.2) is 0 Å². The third-order valence-electron chi connectivity index (χ3n) is 2.26. The number of Topliss-reactive ketones (excluding diaryl/α,β-unsaturated/α-hetero) is 1. The molecule has 0 aliphatic rings. The van der Waals surface area contributed by atoms with Gasteiger partial charge in [0.25, 0.3) is 0 Å². The highest BCUT2D eigenvalue weighted by atomic mass is 16.5. The Morgan fingerprint density at radius 1 is 1.36 bits per heavy atom. The van der Waals surface area contributed by atoms with E-state index in [1.165, 1.54) is 7.11 Å². The second-order valence-electron chi connectivity index (χ2n) is 3.59. The lowest BCUT2D eigenvalue weighted by Crippen LogP contribution is -2.24. The minimum Gasteiger partial charge on any atom is -0.469 e. The number of esters is 1. The average molecular weight is 202 g/mol. The summed E-state index contributed by atoms with van der Waals surface area (Å²) in [6, 6.07) is 0. The molecule has 0 bridgehead atoms. The Kier molecular flexibility index (Phi) is 6.12. The van der Waals surface area contributed by atoms with E-state index in [9.17, 15) is 9.59 Å². The molecule has 82 valence electrons. The van der Waals surface area contributed by atoms with Crippen LogP contribution >= 0.6 is 0 Å². The van der Waals surface area contributed by atoms with Gasteiger partial charge in [-0.25, -0.2) is 0 Å². The fraction of sp³-hybridized carbons (Fsp3) is 0.800. The predicted molar refractivity (Wildman–Crippen MR) is 51.7 cm³/mol. The summed E-state index contributed by atoms with van der Waals surface area (Å²) >= 11 is 0. The lowest BCUT2D eigenvalue weighted by Gasteiger charge is -2.17. The third-order valence-corrected chi connectivity index (χ3v) is 2.26. The number of carbonyl (C=O) groups excluding carboxylic acids is 2. The molecule has 0 aliphatic heterocycles. The zero-order valence-electron chi connectivity index (χ0n) is 8.95. The zero-order valence-corrected chi connectivity index (χ0v) is 8.95. The van der Waals surface area contributed by atoms with Gasteiger partial charge in [-0.15, -0.1) is 0 Å². The molecule has 4 heteroatoms. The van der Waals surface area contributed by atoms with Gasteiger partial charge in [0.15, 0.2) is 5.78 Å². The summed E-state index contributed by atoms with van der Waals surface area (Å²) < 4.78 is 4.48. The molecule has 14 heavy (non-hydrogen) atoms. The Balaban J connectivity index is 4.11. The van der Waals surface area contributed by atoms with Crippen molar-refractivity contribution in [1.82, 2.24) is 0 Å². The molecule has 1 N–H and O–H groups in total. The van der Waals surface area contributed by atoms with Gasteiger partial charge in [0, 0.05) is 12.3 Å². The minimum atomic E-state index is -0.454. The first-order valence-corrected chi connectivity index (χ1v) is 4.73. The molecule has 0 fully saturated rings. The molecule has 0 rings (SSSR count). The molecule has 0 aromatic carbocycles. The third kappa shape index (κ3) is 4.37. The Morgan fingerprint density at radius 3 is 2.29 bits per heavy atom. The van der Waals surface area contributed by atoms with E-state index in [2.05, 4.69) is 4.74 Å². The normalized spacial score (nSPS) is 12.6. The Morgan fingerprint density at radius 2 is 1.93 bits per heavy atom. The topological polar surface area (TPSA) is 63.6 Å². The summed E-state index contributed by atoms with van der Waals surface area (Å²) in [6.07, 6.45) is 0.675. The molecule has 0 aromatic heterocycles. The Hall–Kier alpha value is -0.900. The molecular weight excluding hydrogens is 184 g/mol. The highest BCUT2D eigenvalue weighted by Gasteiger charge is 2.22. The second-order valence-corrected chi connectivity index (χ2v) is 3.59. The molecule has 0 aromatic rings. The lowest BCUT2D eigenvalue weighted by molar-refractivity contribution is -0.141. The molecule has 0 saturated carbocycles. The Bertz CT molecular complexity index is 198. The van der Waals surface area contributed by atoms with Crippen LogP contribution in [0.4, 0.5) is 0 Å². The maximum atomic E-state index is 11.3. The molecule has 1 unspecified atom stereocenters. The largest absolute Gasteiger partial charge is 0.469 e. The number of ether oxygens (including phenoxy) is 1. The molecular formula is C10H18O4. The van der Waals surface area contributed by atoms with Gasteiger partial charge < -0.3 is 9.84 Å². The van der Waals surface area contributed by atoms with Crippen molar-refractivity contribution >= 4 is 11.8 Å². The van der Waals surface area contributed by atoms with Crippen molar-refractivity contribution in [2.45, 2.75) is 26.7 Å². The van der Waals surface area contributed by atoms with Crippen LogP contribution in [0.5, 0.6) is 0 Å². The molecule has 0 spiro atoms. The van der Waals surface area contributed by atoms with Crippen molar-refractivity contribution in [1.29, 1.82) is 0 Å². The van der Waals surface area contributed by atoms with Crippen LogP contribution in [0.25, 0.3) is 0 Å². The van der Waals surface area contributed by atoms with E-state index >= 15 is 0 Å². The molecule has 0 amide bonds. The van der Waals surface area contributed by atoms with E-state index in [4.69, 9.17) is 5.11 Å². The molecule has 4 nitrogen and oxygen atoms in total. The van der Waals surface area contributed by atoms with Crippen molar-refractivity contribution in [2.75, 3.05) is 13.7 Å². The molecule has 0 radical (unpaired) electrons. The first kappa shape index (κ1) is 13.1. The number of aliphatic hydroxyl groups is 1. The van der Waals surface area contributed by atoms with Gasteiger partial charge in [0.1, 0.15) is 6.61 Å². The van der Waals surface area contributed by atoms with Gasteiger partial charge in [-0.2, -0.15) is 0 Å².